The van der Waals surface area contributed by atoms with Crippen LogP contribution in [0.4, 0.5) is 11.4 Å². The van der Waals surface area contributed by atoms with E-state index in [4.69, 9.17) is 0 Å². The molecule has 1 fully saturated rings. The third kappa shape index (κ3) is 1.96. The summed E-state index contributed by atoms with van der Waals surface area (Å²) in [5, 5.41) is 2.35. The third-order valence-electron chi connectivity index (χ3n) is 4.58. The summed E-state index contributed by atoms with van der Waals surface area (Å²) in [5.74, 6) is 0.834. The van der Waals surface area contributed by atoms with E-state index in [9.17, 15) is 0 Å². The van der Waals surface area contributed by atoms with E-state index in [1.165, 1.54) is 48.2 Å². The average molecular weight is 264 g/mol. The molecule has 1 heterocycles. The summed E-state index contributed by atoms with van der Waals surface area (Å²) in [6.07, 6.45) is 5.55. The molecule has 102 valence electrons. The maximum absolute atomic E-state index is 3.61. The largest absolute Gasteiger partial charge is 0.298 e. The van der Waals surface area contributed by atoms with Crippen LogP contribution in [0.15, 0.2) is 48.5 Å². The predicted octanol–water partition coefficient (Wildman–Crippen LogP) is 4.69. The Balaban J connectivity index is 1.72. The van der Waals surface area contributed by atoms with Gasteiger partial charge < -0.3 is 0 Å². The molecular weight excluding hydrogens is 244 g/mol. The third-order valence-corrected chi connectivity index (χ3v) is 4.58. The van der Waals surface area contributed by atoms with Crippen molar-refractivity contribution in [3.63, 3.8) is 0 Å². The first kappa shape index (κ1) is 11.8. The van der Waals surface area contributed by atoms with Crippen molar-refractivity contribution in [1.82, 2.24) is 0 Å². The van der Waals surface area contributed by atoms with E-state index in [-0.39, 0.29) is 0 Å². The monoisotopic (exact) mass is 264 g/mol. The number of hydrazine groups is 1. The van der Waals surface area contributed by atoms with Gasteiger partial charge in [-0.15, -0.1) is 0 Å². The van der Waals surface area contributed by atoms with Crippen molar-refractivity contribution in [3.8, 4) is 11.1 Å². The fourth-order valence-corrected chi connectivity index (χ4v) is 3.55. The molecule has 0 bridgehead atoms. The normalized spacial score (nSPS) is 17.5. The molecule has 0 amide bonds. The lowest BCUT2D eigenvalue weighted by molar-refractivity contribution is 0.545. The van der Waals surface area contributed by atoms with Crippen LogP contribution in [0.1, 0.15) is 25.7 Å². The number of anilines is 2. The van der Waals surface area contributed by atoms with E-state index in [0.717, 1.165) is 12.5 Å². The Hall–Kier alpha value is -1.96. The fraction of sp³-hybridized carbons (Fsp3) is 0.333. The molecule has 20 heavy (non-hydrogen) atoms. The van der Waals surface area contributed by atoms with E-state index in [1.807, 2.05) is 0 Å². The molecule has 0 aromatic heterocycles. The van der Waals surface area contributed by atoms with Crippen LogP contribution in [0.25, 0.3) is 11.1 Å². The highest BCUT2D eigenvalue weighted by molar-refractivity contribution is 5.91. The number of nitrogens with zero attached hydrogens (tertiary/aromatic N) is 1. The molecule has 2 aromatic carbocycles. The Bertz CT molecular complexity index is 614. The fourth-order valence-electron chi connectivity index (χ4n) is 3.55. The van der Waals surface area contributed by atoms with Gasteiger partial charge in [0.1, 0.15) is 0 Å². The zero-order chi connectivity index (χ0) is 13.4. The van der Waals surface area contributed by atoms with Crippen LogP contribution in [-0.2, 0) is 0 Å². The second-order valence-electron chi connectivity index (χ2n) is 5.94. The highest BCUT2D eigenvalue weighted by Crippen LogP contribution is 2.41. The minimum atomic E-state index is 0.834. The SMILES string of the molecule is c1ccc2c(c1)NN(CC1CCCC1)c1ccccc1-2. The second-order valence-corrected chi connectivity index (χ2v) is 5.94. The van der Waals surface area contributed by atoms with Crippen LogP contribution in [0.5, 0.6) is 0 Å². The molecule has 2 nitrogen and oxygen atoms in total. The number of hydrogen-bond acceptors (Lipinski definition) is 2. The topological polar surface area (TPSA) is 15.3 Å². The molecule has 2 aliphatic rings. The number of rotatable bonds is 2. The molecule has 1 aliphatic heterocycles. The number of hydrogen-bond donors (Lipinski definition) is 1. The van der Waals surface area contributed by atoms with Gasteiger partial charge in [-0.25, -0.2) is 0 Å². The zero-order valence-electron chi connectivity index (χ0n) is 11.7. The quantitative estimate of drug-likeness (QED) is 0.846. The average Bonchev–Trinajstić information content (AvgIpc) is 3.00. The van der Waals surface area contributed by atoms with Crippen LogP contribution in [-0.4, -0.2) is 6.54 Å². The Morgan fingerprint density at radius 2 is 1.60 bits per heavy atom. The summed E-state index contributed by atoms with van der Waals surface area (Å²) in [6, 6.07) is 17.3. The van der Waals surface area contributed by atoms with Crippen LogP contribution >= 0.6 is 0 Å². The van der Waals surface area contributed by atoms with Gasteiger partial charge in [-0.2, -0.15) is 0 Å². The molecule has 0 radical (unpaired) electrons. The predicted molar refractivity (Wildman–Crippen MR) is 84.8 cm³/mol. The van der Waals surface area contributed by atoms with Crippen molar-refractivity contribution in [3.05, 3.63) is 48.5 Å². The Labute approximate surface area is 120 Å². The highest BCUT2D eigenvalue weighted by Gasteiger charge is 2.24. The molecule has 2 aromatic rings. The Morgan fingerprint density at radius 1 is 0.900 bits per heavy atom. The Kier molecular flexibility index (Phi) is 2.87. The summed E-state index contributed by atoms with van der Waals surface area (Å²) in [7, 11) is 0. The smallest absolute Gasteiger partial charge is 0.0651 e. The highest BCUT2D eigenvalue weighted by atomic mass is 15.5. The van der Waals surface area contributed by atoms with E-state index >= 15 is 0 Å². The standard InChI is InChI=1S/C18H20N2/c1-2-8-14(7-1)13-20-18-12-6-4-10-16(18)15-9-3-5-11-17(15)19-20/h3-6,9-12,14,19H,1-2,7-8,13H2. The van der Waals surface area contributed by atoms with Crippen molar-refractivity contribution in [2.75, 3.05) is 17.0 Å². The summed E-state index contributed by atoms with van der Waals surface area (Å²) in [5.41, 5.74) is 8.82. The minimum Gasteiger partial charge on any atom is -0.298 e. The van der Waals surface area contributed by atoms with Crippen molar-refractivity contribution >= 4 is 11.4 Å². The lowest BCUT2D eigenvalue weighted by atomic mass is 9.98. The van der Waals surface area contributed by atoms with E-state index in [2.05, 4.69) is 59.0 Å². The molecule has 0 saturated heterocycles. The molecular formula is C18H20N2. The van der Waals surface area contributed by atoms with Crippen LogP contribution < -0.4 is 10.4 Å². The van der Waals surface area contributed by atoms with Gasteiger partial charge >= 0.3 is 0 Å². The molecule has 0 spiro atoms. The van der Waals surface area contributed by atoms with Gasteiger partial charge in [0.05, 0.1) is 11.4 Å². The van der Waals surface area contributed by atoms with Gasteiger partial charge in [-0.1, -0.05) is 49.2 Å². The zero-order valence-corrected chi connectivity index (χ0v) is 11.7. The molecule has 0 unspecified atom stereocenters. The molecule has 4 rings (SSSR count). The van der Waals surface area contributed by atoms with Gasteiger partial charge in [0.15, 0.2) is 0 Å². The van der Waals surface area contributed by atoms with Gasteiger partial charge in [0, 0.05) is 17.7 Å². The maximum Gasteiger partial charge on any atom is 0.0651 e. The molecule has 1 aliphatic carbocycles. The first-order valence-electron chi connectivity index (χ1n) is 7.64. The van der Waals surface area contributed by atoms with E-state index in [0.29, 0.717) is 0 Å². The van der Waals surface area contributed by atoms with Crippen molar-refractivity contribution in [2.45, 2.75) is 25.7 Å². The molecule has 1 saturated carbocycles. The van der Waals surface area contributed by atoms with Crippen molar-refractivity contribution in [1.29, 1.82) is 0 Å². The van der Waals surface area contributed by atoms with Gasteiger partial charge in [-0.05, 0) is 30.9 Å². The summed E-state index contributed by atoms with van der Waals surface area (Å²) in [4.78, 5) is 0. The lowest BCUT2D eigenvalue weighted by Crippen LogP contribution is -2.36. The van der Waals surface area contributed by atoms with Gasteiger partial charge in [0.25, 0.3) is 0 Å². The number of para-hydroxylation sites is 2. The van der Waals surface area contributed by atoms with E-state index in [1.54, 1.807) is 0 Å². The van der Waals surface area contributed by atoms with Crippen LogP contribution in [0.2, 0.25) is 0 Å². The van der Waals surface area contributed by atoms with Crippen LogP contribution in [0.3, 0.4) is 0 Å². The van der Waals surface area contributed by atoms with Gasteiger partial charge in [0.2, 0.25) is 0 Å². The van der Waals surface area contributed by atoms with E-state index < -0.39 is 0 Å². The Morgan fingerprint density at radius 3 is 2.45 bits per heavy atom. The summed E-state index contributed by atoms with van der Waals surface area (Å²) < 4.78 is 0. The van der Waals surface area contributed by atoms with Crippen molar-refractivity contribution < 1.29 is 0 Å². The minimum absolute atomic E-state index is 0.834. The van der Waals surface area contributed by atoms with Gasteiger partial charge in [-0.3, -0.25) is 10.4 Å². The number of benzene rings is 2. The molecule has 0 atom stereocenters. The maximum atomic E-state index is 3.61. The van der Waals surface area contributed by atoms with Crippen molar-refractivity contribution in [2.24, 2.45) is 5.92 Å². The number of nitrogens with one attached hydrogen (secondary N) is 1. The second kappa shape index (κ2) is 4.86. The number of fused-ring (bicyclic) bond motifs is 3. The molecule has 1 N–H and O–H groups in total. The first-order valence-corrected chi connectivity index (χ1v) is 7.64. The lowest BCUT2D eigenvalue weighted by Gasteiger charge is -2.35. The summed E-state index contributed by atoms with van der Waals surface area (Å²) in [6.45, 7) is 1.12. The van der Waals surface area contributed by atoms with Crippen LogP contribution in [0, 0.1) is 5.92 Å². The summed E-state index contributed by atoms with van der Waals surface area (Å²) >= 11 is 0. The first-order chi connectivity index (χ1) is 9.92. The molecule has 2 heteroatoms.